The van der Waals surface area contributed by atoms with E-state index in [0.29, 0.717) is 145 Å². The minimum atomic E-state index is -5.41. The molecule has 12 heterocycles. The molecule has 0 saturated carbocycles. The lowest BCUT2D eigenvalue weighted by atomic mass is 10.1. The molecule has 20 rings (SSSR count). The van der Waals surface area contributed by atoms with E-state index in [1.54, 1.807) is 208 Å². The molecule has 47 heteroatoms. The molecule has 8 aliphatic heterocycles. The van der Waals surface area contributed by atoms with Crippen molar-refractivity contribution in [2.24, 2.45) is 59.9 Å². The predicted molar refractivity (Wildman–Crippen MR) is 492 cm³/mol. The second kappa shape index (κ2) is 42.2. The lowest BCUT2D eigenvalue weighted by Crippen LogP contribution is -2.64. The molecule has 0 aliphatic carbocycles. The van der Waals surface area contributed by atoms with E-state index >= 15 is 52.7 Å². The summed E-state index contributed by atoms with van der Waals surface area (Å²) in [4.78, 5) is 62.9. The third kappa shape index (κ3) is 20.9. The Labute approximate surface area is 772 Å². The van der Waals surface area contributed by atoms with Gasteiger partial charge in [0.25, 0.3) is 17.1 Å². The number of hydrogen-bond donors (Lipinski definition) is 0. The van der Waals surface area contributed by atoms with Crippen LogP contribution >= 0.6 is 0 Å². The van der Waals surface area contributed by atoms with E-state index in [4.69, 9.17) is 79.2 Å². The first-order chi connectivity index (χ1) is 64.8. The van der Waals surface area contributed by atoms with Crippen molar-refractivity contribution in [1.29, 1.82) is 0 Å². The van der Waals surface area contributed by atoms with Gasteiger partial charge in [-0.1, -0.05) is 194 Å². The number of rotatable bonds is 18. The zero-order valence-corrected chi connectivity index (χ0v) is 80.4. The van der Waals surface area contributed by atoms with Crippen LogP contribution in [0.1, 0.15) is 70.2 Å². The highest BCUT2D eigenvalue weighted by Crippen LogP contribution is 2.48. The molecule has 8 aromatic carbocycles. The van der Waals surface area contributed by atoms with Gasteiger partial charge in [0.15, 0.2) is 46.7 Å². The van der Waals surface area contributed by atoms with Crippen molar-refractivity contribution < 1.29 is 107 Å². The van der Waals surface area contributed by atoms with Crippen molar-refractivity contribution >= 4 is 177 Å². The minimum Gasteiger partial charge on any atom is -0.489 e. The maximum atomic E-state index is 15.8. The highest BCUT2D eigenvalue weighted by Gasteiger charge is 2.59. The van der Waals surface area contributed by atoms with Gasteiger partial charge in [0.2, 0.25) is 0 Å². The third-order valence-electron chi connectivity index (χ3n) is 22.0. The molecule has 0 saturated heterocycles. The maximum absolute atomic E-state index is 15.8. The molecule has 135 heavy (non-hydrogen) atoms. The van der Waals surface area contributed by atoms with Crippen LogP contribution in [-0.2, 0) is 19.3 Å². The van der Waals surface area contributed by atoms with E-state index in [-0.39, 0.29) is 91.9 Å². The summed E-state index contributed by atoms with van der Waals surface area (Å²) in [6, 6.07) is 51.9. The summed E-state index contributed by atoms with van der Waals surface area (Å²) in [5.74, 6) is 1.71. The number of aliphatic imine (C=N–C) groups is 8. The number of hydrogen-bond acceptors (Lipinski definition) is 17. The zero-order chi connectivity index (χ0) is 98.2. The lowest BCUT2D eigenvalue weighted by Gasteiger charge is -2.46. The van der Waals surface area contributed by atoms with Gasteiger partial charge in [-0.15, -0.1) is 0 Å². The smallest absolute Gasteiger partial charge is 0.489 e. The van der Waals surface area contributed by atoms with Crippen LogP contribution in [0.4, 0.5) is 111 Å². The third-order valence-corrected chi connectivity index (χ3v) is 46.4. The van der Waals surface area contributed by atoms with Crippen molar-refractivity contribution in [2.75, 3.05) is 57.4 Å². The van der Waals surface area contributed by atoms with Crippen molar-refractivity contribution in [3.63, 3.8) is 0 Å². The van der Waals surface area contributed by atoms with E-state index in [1.807, 2.05) is 0 Å². The predicted octanol–water partition coefficient (Wildman–Crippen LogP) is 21.7. The van der Waals surface area contributed by atoms with Crippen LogP contribution in [0.15, 0.2) is 254 Å². The number of benzene rings is 8. The molecular weight excluding hydrogens is 1910 g/mol. The number of fused-ring (bicyclic) bond motifs is 28. The van der Waals surface area contributed by atoms with Crippen molar-refractivity contribution in [1.82, 2.24) is 14.2 Å². The zero-order valence-electron chi connectivity index (χ0n) is 74.0. The number of halogens is 20. The van der Waals surface area contributed by atoms with Crippen LogP contribution in [0, 0.1) is 0 Å². The Hall–Kier alpha value is -11.2. The molecule has 12 bridgehead atoms. The van der Waals surface area contributed by atoms with Gasteiger partial charge in [-0.25, -0.2) is 59.9 Å². The fourth-order valence-corrected chi connectivity index (χ4v) is 45.4. The average Bonchev–Trinajstić information content (AvgIpc) is 1.54. The van der Waals surface area contributed by atoms with Crippen LogP contribution in [-0.4, -0.2) is 207 Å². The molecule has 8 aliphatic rings. The standard InChI is InChI=1S/2C32H16N8.C16H28F12O5Si4.8CH3F.2Al/c2*1-2-10-18-17(9-1)25-33-26(18)38-28-21-13-5-6-14-22(21)30(35-28)40-32-24-16-8-7-15-23(24)31(36-32)39-29-20-12-4-3-11-19(20)27(34-29)37-25;1-34(29,9-5-13(17,18)19)31-36(3,11-7-15(23,24)25)33-37(4,12-8-16(26,27)28)32-35(2,30)10-6-14(20,21)22;8*1-2;;/h2*1-16H;5-12H2,1-4H3;8*1H3;;/q3*-2;;;;;;;;;2*+3. The number of nitrogens with zero attached hydrogens (tertiary/aromatic N) is 16. The summed E-state index contributed by atoms with van der Waals surface area (Å²) in [6.45, 7) is 4.63. The Morgan fingerprint density at radius 1 is 0.222 bits per heavy atom. The van der Waals surface area contributed by atoms with Gasteiger partial charge < -0.3 is 33.5 Å². The molecule has 708 valence electrons. The molecule has 4 atom stereocenters. The highest BCUT2D eigenvalue weighted by atomic mass is 28.5. The first-order valence-electron chi connectivity index (χ1n) is 41.0. The summed E-state index contributed by atoms with van der Waals surface area (Å²) >= 11 is -8.82. The summed E-state index contributed by atoms with van der Waals surface area (Å²) < 4.78 is 308. The van der Waals surface area contributed by atoms with Gasteiger partial charge >= 0.3 is 71.7 Å². The number of aromatic nitrogens is 4. The van der Waals surface area contributed by atoms with E-state index < -0.39 is 139 Å². The van der Waals surface area contributed by atoms with E-state index in [2.05, 4.69) is 0 Å². The van der Waals surface area contributed by atoms with E-state index in [0.717, 1.165) is 13.1 Å². The summed E-state index contributed by atoms with van der Waals surface area (Å²) in [6.07, 6.45) is -27.4. The van der Waals surface area contributed by atoms with Crippen LogP contribution in [0.3, 0.4) is 0 Å². The van der Waals surface area contributed by atoms with E-state index in [9.17, 15) is 35.1 Å². The maximum Gasteiger partial charge on any atom is 0.800 e. The first kappa shape index (κ1) is 103. The summed E-state index contributed by atoms with van der Waals surface area (Å²) in [5.41, 5.74) is 4.79. The quantitative estimate of drug-likeness (QED) is 0.0604. The molecular formula is C88H84Al2F20N16O5Si4. The Balaban J connectivity index is 0.000000975. The second-order valence-corrected chi connectivity index (χ2v) is 49.3. The fourth-order valence-electron chi connectivity index (χ4n) is 16.8. The summed E-state index contributed by atoms with van der Waals surface area (Å²) in [7, 11) is -17.4. The van der Waals surface area contributed by atoms with Crippen LogP contribution < -0.4 is 22.0 Å². The van der Waals surface area contributed by atoms with Gasteiger partial charge in [-0.3, -0.25) is 35.1 Å². The van der Waals surface area contributed by atoms with Crippen LogP contribution in [0.25, 0.3) is 43.1 Å². The van der Waals surface area contributed by atoms with Crippen LogP contribution in [0.2, 0.25) is 50.4 Å². The Bertz CT molecular complexity index is 6270. The number of alkyl halides is 20. The van der Waals surface area contributed by atoms with Gasteiger partial charge in [0.05, 0.1) is 57.4 Å². The molecule has 21 nitrogen and oxygen atoms in total. The van der Waals surface area contributed by atoms with Gasteiger partial charge in [-0.2, -0.15) is 52.7 Å². The molecule has 0 fully saturated rings. The second-order valence-electron chi connectivity index (χ2n) is 30.6. The minimum absolute atomic E-state index is 0.110. The molecule has 0 radical (unpaired) electrons. The fraction of sp³-hybridized carbons (Fsp3) is 0.273. The Morgan fingerprint density at radius 3 is 0.578 bits per heavy atom. The van der Waals surface area contributed by atoms with Crippen molar-refractivity contribution in [3.05, 3.63) is 261 Å². The molecule has 4 aromatic heterocycles. The molecule has 0 N–H and O–H groups in total. The molecule has 0 amide bonds. The van der Waals surface area contributed by atoms with Crippen molar-refractivity contribution in [3.8, 4) is 0 Å². The SMILES string of the molecule is CF.CF.CF.CF.CF.CF.CF.CF.C[Si](CCC(F)(F)F)([O][Al]1[n]2c3c4ccccc4c2N=C2N=C(N=c4c5ccccc5c([n]41)=NC1=NC(=N3)c3ccccc31)c1ccccc12)O[Si](C)(CCC(F)(F)F)O[Si](C)(CCC(F)(F)F)O[Si](C)(CCC(F)(F)F)[O][Al]1[n]2c3c4ccccc4c2N=C2N=C(N=c4c5ccccc5c([n]41)=NC1=NC(=N3)c3ccccc31)c1ccccc12. The van der Waals surface area contributed by atoms with Crippen molar-refractivity contribution in [2.45, 2.75) is 101 Å². The Morgan fingerprint density at radius 2 is 0.385 bits per heavy atom. The first-order valence-corrected chi connectivity index (χ1v) is 54.1. The largest absolute Gasteiger partial charge is 0.800 e. The average molecular weight is 1990 g/mol. The topological polar surface area (TPSA) is 214 Å². The van der Waals surface area contributed by atoms with Gasteiger partial charge in [-0.05, 0) is 50.4 Å². The monoisotopic (exact) mass is 1990 g/mol. The number of amidine groups is 8. The Kier molecular flexibility index (Phi) is 32.1. The van der Waals surface area contributed by atoms with E-state index in [1.165, 1.54) is 13.1 Å². The molecule has 4 unspecified atom stereocenters. The summed E-state index contributed by atoms with van der Waals surface area (Å²) in [5, 5.41) is 3.43. The van der Waals surface area contributed by atoms with Gasteiger partial charge in [0.1, 0.15) is 45.2 Å². The van der Waals surface area contributed by atoms with Gasteiger partial charge in [0, 0.05) is 113 Å². The highest BCUT2D eigenvalue weighted by molar-refractivity contribution is 6.90. The lowest BCUT2D eigenvalue weighted by molar-refractivity contribution is -0.132. The molecule has 12 aromatic rings. The normalized spacial score (nSPS) is 15.9. The molecule has 0 spiro atoms. The van der Waals surface area contributed by atoms with Crippen LogP contribution in [0.5, 0.6) is 0 Å².